The van der Waals surface area contributed by atoms with Crippen LogP contribution in [-0.2, 0) is 14.8 Å². The summed E-state index contributed by atoms with van der Waals surface area (Å²) < 4.78 is 27.0. The van der Waals surface area contributed by atoms with E-state index in [2.05, 4.69) is 10.2 Å². The largest absolute Gasteiger partial charge is 0.325 e. The number of hydrogen-bond donors (Lipinski definition) is 1. The minimum absolute atomic E-state index is 0.0648. The molecule has 2 aliphatic heterocycles. The first-order valence-corrected chi connectivity index (χ1v) is 12.1. The Balaban J connectivity index is 1.36. The van der Waals surface area contributed by atoms with Crippen LogP contribution in [0.4, 0.5) is 5.69 Å². The molecule has 1 saturated carbocycles. The third-order valence-electron chi connectivity index (χ3n) is 6.56. The summed E-state index contributed by atoms with van der Waals surface area (Å²) in [6, 6.07) is 6.65. The second-order valence-electron chi connectivity index (χ2n) is 8.52. The van der Waals surface area contributed by atoms with Crippen LogP contribution in [0.3, 0.4) is 0 Å². The number of rotatable bonds is 5. The van der Waals surface area contributed by atoms with Crippen molar-refractivity contribution in [1.29, 1.82) is 0 Å². The molecule has 0 aromatic heterocycles. The third kappa shape index (κ3) is 4.42. The van der Waals surface area contributed by atoms with Crippen LogP contribution in [0.5, 0.6) is 0 Å². The fourth-order valence-corrected chi connectivity index (χ4v) is 6.60. The molecule has 4 rings (SSSR count). The average molecular weight is 406 g/mol. The highest BCUT2D eigenvalue weighted by atomic mass is 32.2. The maximum Gasteiger partial charge on any atom is 0.243 e. The lowest BCUT2D eigenvalue weighted by atomic mass is 9.75. The van der Waals surface area contributed by atoms with Gasteiger partial charge in [-0.1, -0.05) is 25.3 Å². The molecule has 3 fully saturated rings. The van der Waals surface area contributed by atoms with Crippen LogP contribution in [0.25, 0.3) is 0 Å². The van der Waals surface area contributed by atoms with Gasteiger partial charge in [0.2, 0.25) is 15.9 Å². The summed E-state index contributed by atoms with van der Waals surface area (Å²) in [5.74, 6) is 1.52. The molecule has 0 spiro atoms. The lowest BCUT2D eigenvalue weighted by Gasteiger charge is -2.41. The number of piperidine rings is 1. The standard InChI is InChI=1S/C21H31N3O3S/c25-21(16-23-13-10-17-6-1-2-7-18(17)15-23)22-19-8-5-9-20(14-19)28(26,27)24-11-3-4-12-24/h5,8-9,14,17-18H,1-4,6-7,10-13,15-16H2,(H,22,25)/t17-,18+/m1/s1. The summed E-state index contributed by atoms with van der Waals surface area (Å²) in [6.45, 7) is 3.54. The molecular weight excluding hydrogens is 374 g/mol. The molecule has 154 valence electrons. The normalized spacial score (nSPS) is 26.7. The smallest absolute Gasteiger partial charge is 0.243 e. The molecule has 1 aliphatic carbocycles. The SMILES string of the molecule is O=C(CN1CC[C@H]2CCCC[C@H]2C1)Nc1cccc(S(=O)(=O)N2CCCC2)c1. The Morgan fingerprint density at radius 3 is 2.54 bits per heavy atom. The predicted octanol–water partition coefficient (Wildman–Crippen LogP) is 2.92. The molecule has 1 amide bonds. The average Bonchev–Trinajstić information content (AvgIpc) is 3.24. The Morgan fingerprint density at radius 1 is 1.00 bits per heavy atom. The number of benzene rings is 1. The highest BCUT2D eigenvalue weighted by Gasteiger charge is 2.32. The van der Waals surface area contributed by atoms with Gasteiger partial charge in [0, 0.05) is 25.3 Å². The maximum absolute atomic E-state index is 12.7. The quantitative estimate of drug-likeness (QED) is 0.818. The van der Waals surface area contributed by atoms with Crippen LogP contribution < -0.4 is 5.32 Å². The Hall–Kier alpha value is -1.44. The number of amides is 1. The number of hydrogen-bond acceptors (Lipinski definition) is 4. The zero-order valence-electron chi connectivity index (χ0n) is 16.5. The van der Waals surface area contributed by atoms with E-state index in [1.54, 1.807) is 24.3 Å². The van der Waals surface area contributed by atoms with Crippen molar-refractivity contribution in [3.63, 3.8) is 0 Å². The van der Waals surface area contributed by atoms with Crippen LogP contribution in [0, 0.1) is 11.8 Å². The summed E-state index contributed by atoms with van der Waals surface area (Å²) in [5, 5.41) is 2.90. The van der Waals surface area contributed by atoms with E-state index in [1.807, 2.05) is 0 Å². The molecule has 1 aromatic rings. The molecule has 28 heavy (non-hydrogen) atoms. The monoisotopic (exact) mass is 405 g/mol. The van der Waals surface area contributed by atoms with Gasteiger partial charge in [0.25, 0.3) is 0 Å². The molecule has 0 unspecified atom stereocenters. The van der Waals surface area contributed by atoms with Crippen LogP contribution in [-0.4, -0.2) is 56.3 Å². The second-order valence-corrected chi connectivity index (χ2v) is 10.5. The topological polar surface area (TPSA) is 69.7 Å². The van der Waals surface area contributed by atoms with E-state index in [9.17, 15) is 13.2 Å². The summed E-state index contributed by atoms with van der Waals surface area (Å²) in [7, 11) is -3.47. The number of sulfonamides is 1. The van der Waals surface area contributed by atoms with Gasteiger partial charge in [-0.15, -0.1) is 0 Å². The van der Waals surface area contributed by atoms with Crippen molar-refractivity contribution in [2.24, 2.45) is 11.8 Å². The van der Waals surface area contributed by atoms with Crippen molar-refractivity contribution < 1.29 is 13.2 Å². The molecular formula is C21H31N3O3S. The zero-order valence-corrected chi connectivity index (χ0v) is 17.3. The molecule has 0 radical (unpaired) electrons. The summed E-state index contributed by atoms with van der Waals surface area (Å²) >= 11 is 0. The maximum atomic E-state index is 12.7. The summed E-state index contributed by atoms with van der Waals surface area (Å²) in [4.78, 5) is 15.1. The lowest BCUT2D eigenvalue weighted by Crippen LogP contribution is -2.44. The van der Waals surface area contributed by atoms with Gasteiger partial charge in [-0.05, 0) is 62.3 Å². The van der Waals surface area contributed by atoms with Gasteiger partial charge in [-0.2, -0.15) is 4.31 Å². The fourth-order valence-electron chi connectivity index (χ4n) is 5.04. The van der Waals surface area contributed by atoms with Gasteiger partial charge in [0.1, 0.15) is 0 Å². The molecule has 3 aliphatic rings. The van der Waals surface area contributed by atoms with Crippen LogP contribution in [0.15, 0.2) is 29.2 Å². The number of nitrogens with one attached hydrogen (secondary N) is 1. The fraction of sp³-hybridized carbons (Fsp3) is 0.667. The first kappa shape index (κ1) is 19.9. The highest BCUT2D eigenvalue weighted by molar-refractivity contribution is 7.89. The minimum Gasteiger partial charge on any atom is -0.325 e. The van der Waals surface area contributed by atoms with Crippen molar-refractivity contribution in [1.82, 2.24) is 9.21 Å². The van der Waals surface area contributed by atoms with E-state index in [0.29, 0.717) is 25.3 Å². The third-order valence-corrected chi connectivity index (χ3v) is 8.46. The van der Waals surface area contributed by atoms with E-state index in [1.165, 1.54) is 36.4 Å². The molecule has 2 atom stereocenters. The minimum atomic E-state index is -3.47. The van der Waals surface area contributed by atoms with Crippen molar-refractivity contribution in [3.8, 4) is 0 Å². The van der Waals surface area contributed by atoms with Crippen LogP contribution >= 0.6 is 0 Å². The van der Waals surface area contributed by atoms with Crippen LogP contribution in [0.2, 0.25) is 0 Å². The molecule has 0 bridgehead atoms. The van der Waals surface area contributed by atoms with E-state index in [0.717, 1.165) is 37.8 Å². The molecule has 1 aromatic carbocycles. The van der Waals surface area contributed by atoms with Crippen molar-refractivity contribution in [2.75, 3.05) is 38.0 Å². The van der Waals surface area contributed by atoms with Gasteiger partial charge >= 0.3 is 0 Å². The van der Waals surface area contributed by atoms with Gasteiger partial charge < -0.3 is 5.32 Å². The van der Waals surface area contributed by atoms with E-state index < -0.39 is 10.0 Å². The number of likely N-dealkylation sites (tertiary alicyclic amines) is 1. The number of anilines is 1. The van der Waals surface area contributed by atoms with E-state index in [4.69, 9.17) is 0 Å². The molecule has 7 heteroatoms. The molecule has 1 N–H and O–H groups in total. The summed E-state index contributed by atoms with van der Waals surface area (Å²) in [6.07, 6.45) is 8.34. The van der Waals surface area contributed by atoms with Gasteiger partial charge in [-0.25, -0.2) is 8.42 Å². The van der Waals surface area contributed by atoms with Gasteiger partial charge in [0.15, 0.2) is 0 Å². The Bertz CT molecular complexity index is 805. The van der Waals surface area contributed by atoms with Crippen molar-refractivity contribution in [2.45, 2.75) is 49.8 Å². The van der Waals surface area contributed by atoms with E-state index in [-0.39, 0.29) is 10.8 Å². The van der Waals surface area contributed by atoms with E-state index >= 15 is 0 Å². The van der Waals surface area contributed by atoms with Crippen LogP contribution in [0.1, 0.15) is 44.9 Å². The number of carbonyl (C=O) groups is 1. The first-order chi connectivity index (χ1) is 13.5. The lowest BCUT2D eigenvalue weighted by molar-refractivity contribution is -0.118. The zero-order chi connectivity index (χ0) is 19.6. The molecule has 2 heterocycles. The summed E-state index contributed by atoms with van der Waals surface area (Å²) in [5.41, 5.74) is 0.554. The molecule has 6 nitrogen and oxygen atoms in total. The van der Waals surface area contributed by atoms with Gasteiger partial charge in [-0.3, -0.25) is 9.69 Å². The highest BCUT2D eigenvalue weighted by Crippen LogP contribution is 2.35. The van der Waals surface area contributed by atoms with Crippen molar-refractivity contribution in [3.05, 3.63) is 24.3 Å². The Morgan fingerprint density at radius 2 is 1.75 bits per heavy atom. The Labute approximate surface area is 168 Å². The predicted molar refractivity (Wildman–Crippen MR) is 110 cm³/mol. The second kappa shape index (κ2) is 8.51. The number of nitrogens with zero attached hydrogens (tertiary/aromatic N) is 2. The van der Waals surface area contributed by atoms with Crippen molar-refractivity contribution >= 4 is 21.6 Å². The number of carbonyl (C=O) groups excluding carboxylic acids is 1. The number of fused-ring (bicyclic) bond motifs is 1. The van der Waals surface area contributed by atoms with Gasteiger partial charge in [0.05, 0.1) is 11.4 Å². The Kier molecular flexibility index (Phi) is 6.04. The first-order valence-electron chi connectivity index (χ1n) is 10.6. The molecule has 2 saturated heterocycles.